The summed E-state index contributed by atoms with van der Waals surface area (Å²) in [6.07, 6.45) is 8.09. The number of pyridine rings is 9. The summed E-state index contributed by atoms with van der Waals surface area (Å²) in [7, 11) is 1.24. The maximum absolute atomic E-state index is 13.2. The van der Waals surface area contributed by atoms with Crippen molar-refractivity contribution in [2.45, 2.75) is 99.0 Å². The summed E-state index contributed by atoms with van der Waals surface area (Å²) in [5.74, 6) is -4.73. The molecule has 0 radical (unpaired) electrons. The lowest BCUT2D eigenvalue weighted by Crippen LogP contribution is -2.56. The summed E-state index contributed by atoms with van der Waals surface area (Å²) in [6.45, 7) is 10.9. The number of anilines is 1. The number of halogens is 10. The molecule has 15 rings (SSSR count). The van der Waals surface area contributed by atoms with Gasteiger partial charge in [0.15, 0.2) is 6.29 Å². The van der Waals surface area contributed by atoms with E-state index in [1.807, 2.05) is 12.1 Å². The van der Waals surface area contributed by atoms with Gasteiger partial charge in [0, 0.05) is 146 Å². The van der Waals surface area contributed by atoms with E-state index in [9.17, 15) is 67.1 Å². The number of nitrogens with zero attached hydrogens (tertiary/aromatic N) is 9. The number of rotatable bonds is 23. The van der Waals surface area contributed by atoms with Gasteiger partial charge in [0.2, 0.25) is 11.8 Å². The maximum Gasteiger partial charge on any atom is 0.326 e. The van der Waals surface area contributed by atoms with E-state index in [1.54, 1.807) is 184 Å². The Morgan fingerprint density at radius 2 is 0.763 bits per heavy atom. The molecule has 0 saturated carbocycles. The molecule has 0 aliphatic carbocycles. The fraction of sp³-hybridized carbons (Fsp3) is 0.198. The van der Waals surface area contributed by atoms with Gasteiger partial charge in [-0.2, -0.15) is 0 Å². The van der Waals surface area contributed by atoms with E-state index >= 15 is 0 Å². The molecule has 1 fully saturated rings. The van der Waals surface area contributed by atoms with Crippen molar-refractivity contribution in [1.82, 2.24) is 75.1 Å². The lowest BCUT2D eigenvalue weighted by atomic mass is 9.84. The normalized spacial score (nSPS) is 11.6. The largest absolute Gasteiger partial charge is 0.480 e. The molecule has 1 aliphatic rings. The third-order valence-corrected chi connectivity index (χ3v) is 23.1. The van der Waals surface area contributed by atoms with Crippen molar-refractivity contribution >= 4 is 247 Å². The van der Waals surface area contributed by atoms with Crippen LogP contribution in [-0.4, -0.2) is 139 Å². The number of carbonyl (C=O) groups is 10. The third-order valence-electron chi connectivity index (χ3n) is 19.6. The quantitative estimate of drug-likeness (QED) is 0.0167. The van der Waals surface area contributed by atoms with Crippen LogP contribution in [0.25, 0.3) is 44.1 Å². The highest BCUT2D eigenvalue weighted by molar-refractivity contribution is 9.11. The first-order valence-electron chi connectivity index (χ1n) is 41.4. The Labute approximate surface area is 859 Å². The van der Waals surface area contributed by atoms with Crippen molar-refractivity contribution in [2.75, 3.05) is 25.9 Å². The molecular weight excluding hydrogens is 2230 g/mol. The molecule has 720 valence electrons. The molecule has 43 heteroatoms. The average molecular weight is 2310 g/mol. The van der Waals surface area contributed by atoms with Gasteiger partial charge in [-0.15, -0.1) is 0 Å². The van der Waals surface area contributed by atoms with E-state index in [2.05, 4.69) is 155 Å². The minimum atomic E-state index is -1.21. The van der Waals surface area contributed by atoms with Crippen molar-refractivity contribution < 1.29 is 62.5 Å². The highest BCUT2D eigenvalue weighted by atomic mass is 79.9. The topological polar surface area (TPSA) is 462 Å². The van der Waals surface area contributed by atoms with Gasteiger partial charge < -0.3 is 56.8 Å². The van der Waals surface area contributed by atoms with Crippen LogP contribution in [0.4, 0.5) is 5.82 Å². The maximum atomic E-state index is 13.2. The number of methoxy groups -OCH3 is 1. The number of benzene rings is 5. The molecule has 14 aromatic rings. The van der Waals surface area contributed by atoms with Gasteiger partial charge in [-0.25, -0.2) is 24.9 Å². The Bertz CT molecular complexity index is 7240. The standard InChI is InChI=1S/C23H22BrClN4O3.C22H21BrClN3O4.C18H13BrClN3O4.C16H11BrClN3O2.C11H12ClNO3.C6H5BrN2O/c1-23(2)12-28(13-23)19(30)11-29-20-15(7-16(24)10-26-20)8-18(22(29)32)21(31)27-9-14-3-5-17(25)6-4-14;1-22(2,3)31-18(28)12-27-19-14(8-15(23)11-25-19)9-17(21(27)30)20(29)26-10-13-4-6-16(24)7-5-13;19-12-5-11-6-14(17(26)22-7-10-1-3-13(20)4-2-10)18(27)23(9-15(24)25)16(11)21-8-12;17-11-5-10-6-13(16(23)21-14(10)19-8-11)15(22)20-7-9-1-3-12(18)4-2-9;1-16-11(15)6-10(14)13-7-8-2-4-9(12)5-3-8;7-5-1-4(3-10)6(8)9-2-5/h3-8,10H,9,11-13H2,1-2H3,(H,27,31);4-9,11H,10,12H2,1-3H3,(H,26,29);1-6,8H,7,9H2,(H,22,26)(H,24,25);1-6,8H,7H2,(H,20,22)(H,19,21,23);2-5H,6-7H2,1H3,(H,13,14);1-3H,(H2,8,9). The number of nitrogens with one attached hydrogen (secondary N) is 6. The summed E-state index contributed by atoms with van der Waals surface area (Å²) in [5, 5.41) is 27.9. The zero-order chi connectivity index (χ0) is 101. The number of aromatic amines is 1. The number of aliphatic carboxylic acids is 1. The molecule has 0 atom stereocenters. The number of H-pyrrole nitrogens is 1. The molecule has 6 amide bonds. The van der Waals surface area contributed by atoms with Gasteiger partial charge in [0.05, 0.1) is 12.7 Å². The molecule has 5 aromatic carbocycles. The summed E-state index contributed by atoms with van der Waals surface area (Å²) >= 11 is 45.6. The Hall–Kier alpha value is -12.8. The first-order valence-corrected chi connectivity index (χ1v) is 47.3. The fourth-order valence-electron chi connectivity index (χ4n) is 13.1. The van der Waals surface area contributed by atoms with Crippen LogP contribution in [-0.2, 0) is 85.8 Å². The Kier molecular flexibility index (Phi) is 39.1. The monoisotopic (exact) mass is 2300 g/mol. The zero-order valence-corrected chi connectivity index (χ0v) is 86.1. The number of carboxylic acid groups (broad SMARTS) is 1. The second-order valence-electron chi connectivity index (χ2n) is 32.2. The number of nitrogen functional groups attached to an aromatic ring is 1. The molecule has 1 saturated heterocycles. The van der Waals surface area contributed by atoms with Gasteiger partial charge in [0.1, 0.15) is 82.3 Å². The zero-order valence-electron chi connectivity index (χ0n) is 74.3. The minimum absolute atomic E-state index is 0.0388. The number of hydrogen-bond donors (Lipinski definition) is 8. The Morgan fingerprint density at radius 3 is 1.10 bits per heavy atom. The van der Waals surface area contributed by atoms with Crippen LogP contribution in [0.15, 0.2) is 248 Å². The van der Waals surface area contributed by atoms with Crippen molar-refractivity contribution in [3.8, 4) is 0 Å². The highest BCUT2D eigenvalue weighted by Crippen LogP contribution is 2.30. The van der Waals surface area contributed by atoms with Crippen LogP contribution >= 0.6 is 138 Å². The number of aromatic nitrogens is 9. The third kappa shape index (κ3) is 32.4. The number of hydrogen-bond acceptors (Lipinski definition) is 22. The van der Waals surface area contributed by atoms with Crippen molar-refractivity contribution in [2.24, 2.45) is 5.41 Å². The summed E-state index contributed by atoms with van der Waals surface area (Å²) in [4.78, 5) is 195. The first-order chi connectivity index (χ1) is 65.9. The van der Waals surface area contributed by atoms with Crippen LogP contribution in [0.5, 0.6) is 0 Å². The highest BCUT2D eigenvalue weighted by Gasteiger charge is 2.38. The number of carboxylic acids is 1. The van der Waals surface area contributed by atoms with Gasteiger partial charge in [0.25, 0.3) is 45.9 Å². The molecular formula is C96H84Br5Cl5N16O17. The molecule has 0 bridgehead atoms. The number of ether oxygens (including phenoxy) is 2. The Morgan fingerprint density at radius 1 is 0.446 bits per heavy atom. The molecule has 9 aromatic heterocycles. The molecule has 10 heterocycles. The van der Waals surface area contributed by atoms with Crippen LogP contribution in [0, 0.1) is 5.41 Å². The number of likely N-dealkylation sites (tertiary alicyclic amines) is 1. The predicted molar refractivity (Wildman–Crippen MR) is 547 cm³/mol. The lowest BCUT2D eigenvalue weighted by molar-refractivity contribution is -0.155. The number of carbonyl (C=O) groups excluding carboxylic acids is 9. The predicted octanol–water partition coefficient (Wildman–Crippen LogP) is 16.5. The second kappa shape index (κ2) is 50.2. The van der Waals surface area contributed by atoms with E-state index in [-0.39, 0.29) is 95.7 Å². The second-order valence-corrected chi connectivity index (χ2v) is 38.9. The molecule has 9 N–H and O–H groups in total. The number of amides is 6. The smallest absolute Gasteiger partial charge is 0.326 e. The number of esters is 2. The van der Waals surface area contributed by atoms with Crippen LogP contribution in [0.1, 0.15) is 121 Å². The number of aldehydes is 1. The molecule has 139 heavy (non-hydrogen) atoms. The van der Waals surface area contributed by atoms with Crippen molar-refractivity contribution in [3.05, 3.63) is 351 Å². The molecule has 0 unspecified atom stereocenters. The lowest BCUT2D eigenvalue weighted by Gasteiger charge is -2.45. The van der Waals surface area contributed by atoms with Crippen molar-refractivity contribution in [3.63, 3.8) is 0 Å². The van der Waals surface area contributed by atoms with E-state index in [4.69, 9.17) is 73.6 Å². The minimum Gasteiger partial charge on any atom is -0.480 e. The Balaban J connectivity index is 0.000000177. The summed E-state index contributed by atoms with van der Waals surface area (Å²) in [5.41, 5.74) is 8.11. The van der Waals surface area contributed by atoms with E-state index in [0.29, 0.717) is 109 Å². The van der Waals surface area contributed by atoms with Gasteiger partial charge >= 0.3 is 17.9 Å². The van der Waals surface area contributed by atoms with Crippen LogP contribution < -0.4 is 54.6 Å². The molecule has 1 aliphatic heterocycles. The van der Waals surface area contributed by atoms with E-state index in [0.717, 1.165) is 45.9 Å². The van der Waals surface area contributed by atoms with Crippen LogP contribution in [0.3, 0.4) is 0 Å². The fourth-order valence-corrected chi connectivity index (χ4v) is 15.4. The van der Waals surface area contributed by atoms with Crippen molar-refractivity contribution in [1.29, 1.82) is 0 Å². The number of fused-ring (bicyclic) bond motifs is 4. The van der Waals surface area contributed by atoms with Gasteiger partial charge in [-0.05, 0) is 249 Å². The van der Waals surface area contributed by atoms with Crippen LogP contribution in [0.2, 0.25) is 25.1 Å². The number of nitrogens with two attached hydrogens (primary N) is 1. The van der Waals surface area contributed by atoms with Gasteiger partial charge in [-0.1, -0.05) is 133 Å². The SMILES string of the molecule is CC(C)(C)OC(=O)Cn1c(=O)c(C(=O)NCc2ccc(Cl)cc2)cc2cc(Br)cnc21.CC1(C)CN(C(=O)Cn2c(=O)c(C(=O)NCc3ccc(Cl)cc3)cc3cc(Br)cnc32)C1.COC(=O)CC(=O)NCc1ccc(Cl)cc1.Nc1ncc(Br)cc1C=O.O=C(NCc1ccc(Cl)cc1)c1cc2cc(Br)cnc2[nH]c1=O.O=C(O)Cn1c(=O)c(C(=O)NCc2ccc(Cl)cc2)cc2cc(Br)cnc21. The van der Waals surface area contributed by atoms with E-state index < -0.39 is 75.9 Å². The first kappa shape index (κ1) is 108. The molecule has 0 spiro atoms. The van der Waals surface area contributed by atoms with Gasteiger partial charge in [-0.3, -0.25) is 80.8 Å². The summed E-state index contributed by atoms with van der Waals surface area (Å²) < 4.78 is 16.7. The summed E-state index contributed by atoms with van der Waals surface area (Å²) in [6, 6.07) is 49.7. The molecule has 33 nitrogen and oxygen atoms in total. The average Bonchev–Trinajstić information content (AvgIpc) is 0.772. The van der Waals surface area contributed by atoms with E-state index in [1.165, 1.54) is 48.3 Å².